The summed E-state index contributed by atoms with van der Waals surface area (Å²) in [5, 5.41) is 9.20. The summed E-state index contributed by atoms with van der Waals surface area (Å²) < 4.78 is 18.4. The average molecular weight is 394 g/mol. The van der Waals surface area contributed by atoms with Gasteiger partial charge in [0.15, 0.2) is 0 Å². The van der Waals surface area contributed by atoms with Crippen molar-refractivity contribution in [1.82, 2.24) is 0 Å². The minimum atomic E-state index is -0.901. The Morgan fingerprint density at radius 3 is 2.21 bits per heavy atom. The zero-order chi connectivity index (χ0) is 20.5. The molecule has 3 rings (SSSR count). The fourth-order valence-electron chi connectivity index (χ4n) is 3.45. The van der Waals surface area contributed by atoms with E-state index in [2.05, 4.69) is 12.3 Å². The van der Waals surface area contributed by atoms with Gasteiger partial charge in [0.2, 0.25) is 0 Å². The molecule has 1 N–H and O–H groups in total. The van der Waals surface area contributed by atoms with Gasteiger partial charge < -0.3 is 19.3 Å². The molecule has 2 aromatic carbocycles. The van der Waals surface area contributed by atoms with E-state index >= 15 is 0 Å². The molecule has 0 amide bonds. The van der Waals surface area contributed by atoms with Gasteiger partial charge in [-0.1, -0.05) is 67.2 Å². The van der Waals surface area contributed by atoms with Crippen LogP contribution in [0.5, 0.6) is 0 Å². The topological polar surface area (TPSA) is 65.0 Å². The molecule has 2 aromatic rings. The van der Waals surface area contributed by atoms with Crippen molar-refractivity contribution in [3.63, 3.8) is 0 Å². The Labute approximate surface area is 171 Å². The molecule has 1 fully saturated rings. The van der Waals surface area contributed by atoms with E-state index in [1.165, 1.54) is 0 Å². The van der Waals surface area contributed by atoms with Gasteiger partial charge in [-0.25, -0.2) is 0 Å². The number of benzene rings is 2. The molecule has 0 unspecified atom stereocenters. The number of aliphatic carboxylic acids is 1. The van der Waals surface area contributed by atoms with Gasteiger partial charge in [-0.15, -0.1) is 5.73 Å². The zero-order valence-corrected chi connectivity index (χ0v) is 16.3. The standard InChI is InChI=1S/C24H26O5/c1-2-9-21-24(28-17-19-12-7-4-8-13-19)22(14-20(29-21)15-23(25)26)27-16-18-10-5-3-6-11-18/h3-13,20-22,24H,1,14-17H2,(H,25,26)/t20-,21+,22-,24+/m0/s1. The highest BCUT2D eigenvalue weighted by Crippen LogP contribution is 2.29. The lowest BCUT2D eigenvalue weighted by Crippen LogP contribution is -2.50. The summed E-state index contributed by atoms with van der Waals surface area (Å²) in [6.45, 7) is 4.46. The van der Waals surface area contributed by atoms with E-state index in [4.69, 9.17) is 14.2 Å². The fourth-order valence-corrected chi connectivity index (χ4v) is 3.45. The average Bonchev–Trinajstić information content (AvgIpc) is 2.73. The lowest BCUT2D eigenvalue weighted by Gasteiger charge is -2.40. The van der Waals surface area contributed by atoms with Crippen molar-refractivity contribution in [2.75, 3.05) is 0 Å². The Hall–Kier alpha value is -2.69. The molecule has 0 bridgehead atoms. The van der Waals surface area contributed by atoms with Gasteiger partial charge in [0, 0.05) is 6.42 Å². The van der Waals surface area contributed by atoms with Gasteiger partial charge in [-0.3, -0.25) is 4.79 Å². The number of hydrogen-bond donors (Lipinski definition) is 1. The highest BCUT2D eigenvalue weighted by atomic mass is 16.6. The maximum absolute atomic E-state index is 11.2. The van der Waals surface area contributed by atoms with Crippen molar-refractivity contribution in [3.8, 4) is 0 Å². The first-order valence-corrected chi connectivity index (χ1v) is 9.70. The second-order valence-electron chi connectivity index (χ2n) is 7.02. The molecule has 1 aliphatic rings. The second-order valence-corrected chi connectivity index (χ2v) is 7.02. The smallest absolute Gasteiger partial charge is 0.305 e. The van der Waals surface area contributed by atoms with Crippen LogP contribution in [-0.4, -0.2) is 35.5 Å². The van der Waals surface area contributed by atoms with Crippen LogP contribution in [0.3, 0.4) is 0 Å². The van der Waals surface area contributed by atoms with E-state index in [0.29, 0.717) is 19.6 Å². The van der Waals surface area contributed by atoms with Crippen LogP contribution in [0.15, 0.2) is 79.0 Å². The number of carboxylic acid groups (broad SMARTS) is 1. The third kappa shape index (κ3) is 6.41. The van der Waals surface area contributed by atoms with E-state index in [0.717, 1.165) is 11.1 Å². The summed E-state index contributed by atoms with van der Waals surface area (Å²) in [5.41, 5.74) is 4.84. The van der Waals surface area contributed by atoms with Crippen molar-refractivity contribution >= 4 is 5.97 Å². The second kappa shape index (κ2) is 10.7. The largest absolute Gasteiger partial charge is 0.481 e. The Balaban J connectivity index is 1.75. The van der Waals surface area contributed by atoms with Gasteiger partial charge in [-0.2, -0.15) is 0 Å². The summed E-state index contributed by atoms with van der Waals surface area (Å²) in [4.78, 5) is 11.2. The molecule has 1 heterocycles. The normalized spacial score (nSPS) is 23.9. The Kier molecular flexibility index (Phi) is 7.79. The molecule has 0 saturated carbocycles. The van der Waals surface area contributed by atoms with Gasteiger partial charge in [0.25, 0.3) is 0 Å². The van der Waals surface area contributed by atoms with Gasteiger partial charge in [0.05, 0.1) is 31.8 Å². The van der Waals surface area contributed by atoms with Crippen molar-refractivity contribution in [2.45, 2.75) is 50.5 Å². The van der Waals surface area contributed by atoms with E-state index < -0.39 is 24.3 Å². The van der Waals surface area contributed by atoms with Crippen LogP contribution in [0.25, 0.3) is 0 Å². The van der Waals surface area contributed by atoms with E-state index in [1.807, 2.05) is 60.7 Å². The predicted molar refractivity (Wildman–Crippen MR) is 109 cm³/mol. The van der Waals surface area contributed by atoms with Crippen molar-refractivity contribution in [1.29, 1.82) is 0 Å². The Bertz CT molecular complexity index is 814. The molecule has 5 heteroatoms. The Morgan fingerprint density at radius 1 is 1.07 bits per heavy atom. The molecule has 1 aliphatic heterocycles. The van der Waals surface area contributed by atoms with Crippen molar-refractivity contribution < 1.29 is 24.1 Å². The highest BCUT2D eigenvalue weighted by molar-refractivity contribution is 5.67. The third-order valence-electron chi connectivity index (χ3n) is 4.81. The first kappa shape index (κ1) is 21.0. The summed E-state index contributed by atoms with van der Waals surface area (Å²) in [7, 11) is 0. The first-order chi connectivity index (χ1) is 14.2. The summed E-state index contributed by atoms with van der Waals surface area (Å²) in [6.07, 6.45) is 0.403. The molecule has 29 heavy (non-hydrogen) atoms. The SMILES string of the molecule is C=C=C[C@H]1O[C@H](CC(=O)O)C[C@H](OCc2ccccc2)[C@@H]1OCc1ccccc1. The Morgan fingerprint density at radius 2 is 1.66 bits per heavy atom. The monoisotopic (exact) mass is 394 g/mol. The van der Waals surface area contributed by atoms with E-state index in [1.54, 1.807) is 6.08 Å². The van der Waals surface area contributed by atoms with Crippen molar-refractivity contribution in [3.05, 3.63) is 90.2 Å². The summed E-state index contributed by atoms with van der Waals surface area (Å²) in [6, 6.07) is 19.7. The fraction of sp³-hybridized carbons (Fsp3) is 0.333. The highest BCUT2D eigenvalue weighted by Gasteiger charge is 2.40. The number of ether oxygens (including phenoxy) is 3. The van der Waals surface area contributed by atoms with Gasteiger partial charge in [0.1, 0.15) is 12.2 Å². The summed E-state index contributed by atoms with van der Waals surface area (Å²) in [5.74, 6) is -0.901. The zero-order valence-electron chi connectivity index (χ0n) is 16.3. The molecule has 5 nitrogen and oxygen atoms in total. The minimum Gasteiger partial charge on any atom is -0.481 e. The van der Waals surface area contributed by atoms with Crippen LogP contribution in [0, 0.1) is 0 Å². The number of carbonyl (C=O) groups is 1. The number of carboxylic acids is 1. The third-order valence-corrected chi connectivity index (χ3v) is 4.81. The molecule has 1 saturated heterocycles. The molecule has 0 aromatic heterocycles. The lowest BCUT2D eigenvalue weighted by molar-refractivity contribution is -0.197. The van der Waals surface area contributed by atoms with Gasteiger partial charge >= 0.3 is 5.97 Å². The molecular weight excluding hydrogens is 368 g/mol. The maximum atomic E-state index is 11.2. The summed E-state index contributed by atoms with van der Waals surface area (Å²) >= 11 is 0. The number of hydrogen-bond acceptors (Lipinski definition) is 4. The van der Waals surface area contributed by atoms with Crippen LogP contribution < -0.4 is 0 Å². The van der Waals surface area contributed by atoms with Crippen LogP contribution in [0.4, 0.5) is 0 Å². The van der Waals surface area contributed by atoms with Crippen LogP contribution in [-0.2, 0) is 32.2 Å². The first-order valence-electron chi connectivity index (χ1n) is 9.70. The van der Waals surface area contributed by atoms with E-state index in [-0.39, 0.29) is 12.5 Å². The molecule has 0 aliphatic carbocycles. The molecule has 152 valence electrons. The molecule has 4 atom stereocenters. The predicted octanol–water partition coefficient (Wildman–Crippen LogP) is 4.13. The lowest BCUT2D eigenvalue weighted by atomic mass is 9.95. The molecule has 0 spiro atoms. The van der Waals surface area contributed by atoms with Crippen LogP contribution in [0.1, 0.15) is 24.0 Å². The number of rotatable bonds is 9. The van der Waals surface area contributed by atoms with Crippen molar-refractivity contribution in [2.24, 2.45) is 0 Å². The van der Waals surface area contributed by atoms with Gasteiger partial charge in [-0.05, 0) is 17.2 Å². The molecular formula is C24H26O5. The minimum absolute atomic E-state index is 0.0852. The quantitative estimate of drug-likeness (QED) is 0.648. The van der Waals surface area contributed by atoms with Crippen LogP contribution in [0.2, 0.25) is 0 Å². The maximum Gasteiger partial charge on any atom is 0.305 e. The molecule has 0 radical (unpaired) electrons. The van der Waals surface area contributed by atoms with Crippen LogP contribution >= 0.6 is 0 Å². The van der Waals surface area contributed by atoms with E-state index in [9.17, 15) is 9.90 Å².